The van der Waals surface area contributed by atoms with E-state index in [2.05, 4.69) is 52.3 Å². The van der Waals surface area contributed by atoms with E-state index in [-0.39, 0.29) is 88.4 Å². The summed E-state index contributed by atoms with van der Waals surface area (Å²) in [5.74, 6) is -2.18. The maximum Gasteiger partial charge on any atom is 0.337 e. The number of esters is 1. The number of piperidine rings is 7. The van der Waals surface area contributed by atoms with Crippen LogP contribution in [0.1, 0.15) is 176 Å². The number of hydrogen-bond donors (Lipinski definition) is 10. The molecule has 0 aliphatic carbocycles. The van der Waals surface area contributed by atoms with Crippen molar-refractivity contribution in [2.45, 2.75) is 138 Å². The van der Waals surface area contributed by atoms with E-state index in [1.165, 1.54) is 29.7 Å². The van der Waals surface area contributed by atoms with Crippen LogP contribution in [-0.4, -0.2) is 305 Å². The van der Waals surface area contributed by atoms with Gasteiger partial charge in [0.25, 0.3) is 23.6 Å². The number of benzene rings is 7. The number of aromatic nitrogens is 6. The number of phenolic OH excluding ortho intramolecular Hbond substituents is 1. The molecular weight excluding hydrogens is 1790 g/mol. The monoisotopic (exact) mass is 1900 g/mol. The number of nitrogens with zero attached hydrogens (tertiary/aromatic N) is 12. The number of methoxy groups -OCH3 is 1. The minimum Gasteiger partial charge on any atom is -0.508 e. The van der Waals surface area contributed by atoms with Crippen LogP contribution in [0, 0.1) is 0 Å². The lowest BCUT2D eigenvalue weighted by atomic mass is 9.92. The Morgan fingerprint density at radius 2 is 0.813 bits per heavy atom. The highest BCUT2D eigenvalue weighted by Crippen LogP contribution is 2.35. The van der Waals surface area contributed by atoms with E-state index in [0.29, 0.717) is 161 Å². The zero-order chi connectivity index (χ0) is 98.4. The number of ether oxygens (including phenoxy) is 1. The number of nitrogens with one attached hydrogen (secondary N) is 8. The summed E-state index contributed by atoms with van der Waals surface area (Å²) in [5, 5.41) is 33.0. The summed E-state index contributed by atoms with van der Waals surface area (Å²) in [4.78, 5) is 230. The molecular formula is C98H112N20O21. The summed E-state index contributed by atoms with van der Waals surface area (Å²) in [5.41, 5.74) is 8.70. The van der Waals surface area contributed by atoms with Gasteiger partial charge in [0.05, 0.1) is 68.0 Å². The molecule has 3 aromatic heterocycles. The Morgan fingerprint density at radius 3 is 1.29 bits per heavy atom. The number of carbonyl (C=O) groups is 15. The normalized spacial score (nSPS) is 17.8. The molecule has 10 aliphatic rings. The fourth-order valence-electron chi connectivity index (χ4n) is 19.2. The van der Waals surface area contributed by atoms with Crippen LogP contribution in [0.25, 0.3) is 33.1 Å². The van der Waals surface area contributed by atoms with Gasteiger partial charge in [0.1, 0.15) is 11.4 Å². The van der Waals surface area contributed by atoms with Crippen LogP contribution in [0.3, 0.4) is 0 Å². The van der Waals surface area contributed by atoms with Gasteiger partial charge in [-0.2, -0.15) is 0 Å². The standard InChI is InChI=1S/C15H17N3O4.C15H19N3O2.C14H15N3O4.C14H17N3O3.C14H14N2O3.C13H15N3O3.C13H15N3O2/c1-22-14(20)10-2-3-13-12(8-10)16-15(21)18(13)11-4-6-17(9-19)7-5-11;19-11-17-8-6-13(7-9-17)18-10-5-12-3-1-2-4-14(12)16-15(18)20;18-8-16-5-3-10(4-6-16)17-12-2-1-9(13(19)20)7-11(12)15-14(17)21;18-10-17-8-6-12(7-9-17)15-14(20)16-13(19)11-4-2-1-3-5-11;17-9-15-7-5-10(6-8-15)16-13(18)11-3-1-2-4-12(11)14(16)19;17-8-15-5-3-9(4-6-15)16-12-7-10(18)1-2-11(12)14-13(16)19;17-9-16-7-5-13(6-8-16)14-11-4-2-1-3-10(11)12(18)15-13/h2-3,8-9,11H,4-7H2,1H3,(H,16,21);1-4,11,13H,5-10H2,(H,16,20);1-2,7-8,10H,3-6H2,(H,15,21)(H,19,20);1-5,10,12H,6-9H2,(H2,15,16,19,20);1-4,9-10H,5-8H2;1-2,7-9,18H,3-6H2,(H,14,19);1-4,9,14H,5-8H2,(H,15,18). The number of imide groups is 2. The van der Waals surface area contributed by atoms with E-state index >= 15 is 0 Å². The number of anilines is 2. The topological polar surface area (TPSA) is 508 Å². The van der Waals surface area contributed by atoms with Crippen LogP contribution in [0.15, 0.2) is 172 Å². The van der Waals surface area contributed by atoms with Crippen molar-refractivity contribution in [2.75, 3.05) is 116 Å². The highest BCUT2D eigenvalue weighted by molar-refractivity contribution is 6.21. The van der Waals surface area contributed by atoms with Gasteiger partial charge in [0, 0.05) is 170 Å². The summed E-state index contributed by atoms with van der Waals surface area (Å²) < 4.78 is 9.77. The van der Waals surface area contributed by atoms with Gasteiger partial charge >= 0.3 is 41.1 Å². The average molecular weight is 1910 g/mol. The lowest BCUT2D eigenvalue weighted by Crippen LogP contribution is -2.62. The lowest BCUT2D eigenvalue weighted by molar-refractivity contribution is -0.120. The molecule has 0 bridgehead atoms. The Kier molecular flexibility index (Phi) is 32.8. The first kappa shape index (κ1) is 99.0. The molecule has 41 nitrogen and oxygen atoms in total. The number of fused-ring (bicyclic) bond motifs is 6. The van der Waals surface area contributed by atoms with Gasteiger partial charge in [-0.25, -0.2) is 33.6 Å². The van der Waals surface area contributed by atoms with Crippen molar-refractivity contribution in [3.63, 3.8) is 0 Å². The number of H-pyrrole nitrogens is 3. The summed E-state index contributed by atoms with van der Waals surface area (Å²) in [6.45, 7) is 9.87. The predicted molar refractivity (Wildman–Crippen MR) is 510 cm³/mol. The van der Waals surface area contributed by atoms with E-state index in [1.807, 2.05) is 47.4 Å². The largest absolute Gasteiger partial charge is 0.508 e. The fraction of sp³-hybridized carbons (Fsp3) is 0.388. The van der Waals surface area contributed by atoms with Gasteiger partial charge in [-0.05, 0) is 180 Å². The van der Waals surface area contributed by atoms with Crippen molar-refractivity contribution < 1.29 is 86.9 Å². The quantitative estimate of drug-likeness (QED) is 0.0273. The number of rotatable bonds is 16. The molecule has 730 valence electrons. The number of carboxylic acids is 1. The molecule has 7 aromatic carbocycles. The second kappa shape index (κ2) is 46.0. The van der Waals surface area contributed by atoms with Gasteiger partial charge in [-0.3, -0.25) is 76.7 Å². The number of carbonyl (C=O) groups excluding carboxylic acids is 14. The van der Waals surface area contributed by atoms with Crippen LogP contribution in [0.4, 0.5) is 21.0 Å². The van der Waals surface area contributed by atoms with E-state index in [1.54, 1.807) is 145 Å². The number of likely N-dealkylation sites (tertiary alicyclic amines) is 7. The number of aromatic hydroxyl groups is 1. The first-order valence-corrected chi connectivity index (χ1v) is 46.4. The summed E-state index contributed by atoms with van der Waals surface area (Å²) in [6.07, 6.45) is 17.1. The molecule has 0 saturated carbocycles. The van der Waals surface area contributed by atoms with Crippen molar-refractivity contribution >= 4 is 137 Å². The first-order valence-electron chi connectivity index (χ1n) is 46.4. The molecule has 1 spiro atoms. The Bertz CT molecular complexity index is 6290. The highest BCUT2D eigenvalue weighted by Gasteiger charge is 2.43. The minimum atomic E-state index is -1.02. The molecule has 0 unspecified atom stereocenters. The Labute approximate surface area is 796 Å². The fourth-order valence-corrected chi connectivity index (χ4v) is 19.2. The van der Waals surface area contributed by atoms with Crippen molar-refractivity contribution in [1.29, 1.82) is 0 Å². The number of imidazole rings is 3. The lowest BCUT2D eigenvalue weighted by Gasteiger charge is -2.45. The summed E-state index contributed by atoms with van der Waals surface area (Å²) in [7, 11) is 1.32. The SMILES string of the molecule is COC(=O)c1ccc2c(c1)[nH]c(=O)n2C1CCN(C=O)CC1.O=CN1CCC(N2C(=O)c3ccccc3C2=O)CC1.O=CN1CCC(N2CCc3ccccc3NC2=O)CC1.O=CN1CCC(NC(=O)NC(=O)c2ccccc2)CC1.O=CN1CCC(n2c(=O)[nH]c3cc(C(=O)O)ccc32)CC1.O=CN1CCC(n2c(=O)[nH]c3ccc(O)cc32)CC1.O=CN1CCC2(CC1)NC(=O)c1ccccc1N2. The molecule has 139 heavy (non-hydrogen) atoms. The molecule has 20 rings (SSSR count). The number of aromatic carboxylic acids is 1. The molecule has 7 saturated heterocycles. The van der Waals surface area contributed by atoms with Gasteiger partial charge in [-0.1, -0.05) is 60.7 Å². The van der Waals surface area contributed by atoms with Gasteiger partial charge in [0.15, 0.2) is 0 Å². The number of para-hydroxylation sites is 2. The van der Waals surface area contributed by atoms with E-state index in [0.717, 1.165) is 150 Å². The Morgan fingerprint density at radius 1 is 0.403 bits per heavy atom. The second-order valence-electron chi connectivity index (χ2n) is 35.3. The first-order chi connectivity index (χ1) is 67.3. The molecule has 41 heteroatoms. The number of aromatic amines is 3. The Hall–Kier alpha value is -16.0. The molecule has 10 N–H and O–H groups in total. The number of phenols is 1. The smallest absolute Gasteiger partial charge is 0.337 e. The third-order valence-electron chi connectivity index (χ3n) is 26.9. The van der Waals surface area contributed by atoms with Crippen molar-refractivity contribution in [1.82, 2.24) is 88.7 Å². The maximum atomic E-state index is 12.4. The molecule has 0 radical (unpaired) electrons. The predicted octanol–water partition coefficient (Wildman–Crippen LogP) is 6.70. The average Bonchev–Trinajstić information content (AvgIpc) is 1.70. The molecule has 10 aromatic rings. The second-order valence-corrected chi connectivity index (χ2v) is 35.3. The van der Waals surface area contributed by atoms with Gasteiger partial charge in [0.2, 0.25) is 44.9 Å². The van der Waals surface area contributed by atoms with Gasteiger partial charge < -0.3 is 90.4 Å². The zero-order valence-corrected chi connectivity index (χ0v) is 76.7. The zero-order valence-electron chi connectivity index (χ0n) is 76.7. The van der Waals surface area contributed by atoms with Crippen LogP contribution in [0.2, 0.25) is 0 Å². The molecule has 10 aliphatic heterocycles. The number of amides is 15. The van der Waals surface area contributed by atoms with Crippen LogP contribution < -0.4 is 43.7 Å². The summed E-state index contributed by atoms with van der Waals surface area (Å²) in [6, 6.07) is 45.2. The molecule has 15 amide bonds. The van der Waals surface area contributed by atoms with E-state index < -0.39 is 29.5 Å². The van der Waals surface area contributed by atoms with E-state index in [9.17, 15) is 91.4 Å². The molecule has 13 heterocycles. The van der Waals surface area contributed by atoms with Crippen molar-refractivity contribution in [2.24, 2.45) is 0 Å². The maximum absolute atomic E-state index is 12.4. The molecule has 7 fully saturated rings. The van der Waals surface area contributed by atoms with Gasteiger partial charge in [-0.15, -0.1) is 0 Å². The van der Waals surface area contributed by atoms with Crippen LogP contribution in [0.5, 0.6) is 5.75 Å². The van der Waals surface area contributed by atoms with Crippen LogP contribution in [-0.2, 0) is 44.7 Å². The van der Waals surface area contributed by atoms with E-state index in [4.69, 9.17) is 5.11 Å². The minimum absolute atomic E-state index is 0.00484. The third-order valence-corrected chi connectivity index (χ3v) is 26.9. The Balaban J connectivity index is 0.000000129. The van der Waals surface area contributed by atoms with Crippen molar-refractivity contribution in [3.05, 3.63) is 228 Å². The highest BCUT2D eigenvalue weighted by atomic mass is 16.5. The number of hydrogen-bond acceptors (Lipinski definition) is 21. The third kappa shape index (κ3) is 23.9. The summed E-state index contributed by atoms with van der Waals surface area (Å²) >= 11 is 0. The molecule has 0 atom stereocenters. The van der Waals surface area contributed by atoms with Crippen molar-refractivity contribution in [3.8, 4) is 5.75 Å². The number of carboxylic acid groups (broad SMARTS) is 1. The van der Waals surface area contributed by atoms with Crippen LogP contribution >= 0.6 is 0 Å². The number of urea groups is 2.